The van der Waals surface area contributed by atoms with Crippen molar-refractivity contribution in [3.8, 4) is 0 Å². The maximum absolute atomic E-state index is 12.5. The van der Waals surface area contributed by atoms with Crippen LogP contribution in [0.15, 0.2) is 74.6 Å². The topological polar surface area (TPSA) is 299 Å². The van der Waals surface area contributed by atoms with E-state index in [4.69, 9.17) is 15.8 Å². The van der Waals surface area contributed by atoms with E-state index in [2.05, 4.69) is 50.5 Å². The Balaban J connectivity index is 0.00000523. The van der Waals surface area contributed by atoms with Crippen molar-refractivity contribution in [3.63, 3.8) is 0 Å². The van der Waals surface area contributed by atoms with E-state index >= 15 is 0 Å². The number of azo groups is 1. The summed E-state index contributed by atoms with van der Waals surface area (Å²) in [5.41, 5.74) is 2.12. The molecule has 1 heterocycles. The van der Waals surface area contributed by atoms with Gasteiger partial charge < -0.3 is 30.3 Å². The molecule has 0 amide bonds. The van der Waals surface area contributed by atoms with E-state index in [1.165, 1.54) is 36.4 Å². The molecule has 3 N–H and O–H groups in total. The molecule has 0 unspecified atom stereocenters. The fourth-order valence-corrected chi connectivity index (χ4v) is 6.95. The number of hydrogen-bond donors (Lipinski definition) is 3. The monoisotopic (exact) mass is 900 g/mol. The van der Waals surface area contributed by atoms with Crippen LogP contribution in [0.2, 0.25) is 5.28 Å². The van der Waals surface area contributed by atoms with Gasteiger partial charge in [-0.15, -0.1) is 9.45 Å². The summed E-state index contributed by atoms with van der Waals surface area (Å²) in [6.45, 7) is 3.30. The maximum Gasteiger partial charge on any atom is 1.00 e. The zero-order valence-electron chi connectivity index (χ0n) is 30.4. The molecular formula is C28H28ClN8Na3O12S4. The van der Waals surface area contributed by atoms with Gasteiger partial charge in [0.15, 0.2) is 22.2 Å². The Bertz CT molecular complexity index is 2300. The number of anilines is 5. The zero-order valence-corrected chi connectivity index (χ0v) is 40.4. The van der Waals surface area contributed by atoms with E-state index in [-0.39, 0.29) is 141 Å². The summed E-state index contributed by atoms with van der Waals surface area (Å²) in [6.07, 6.45) is 0.817. The number of halogens is 1. The summed E-state index contributed by atoms with van der Waals surface area (Å²) >= 11 is 6.31. The number of benzene rings is 3. The number of aryl methyl sites for hydroxylation is 2. The molecule has 0 bridgehead atoms. The van der Waals surface area contributed by atoms with E-state index in [0.29, 0.717) is 41.0 Å². The van der Waals surface area contributed by atoms with Crippen molar-refractivity contribution >= 4 is 94.3 Å². The van der Waals surface area contributed by atoms with Gasteiger partial charge in [0.05, 0.1) is 27.8 Å². The minimum absolute atomic E-state index is 0. The number of aromatic nitrogens is 3. The van der Waals surface area contributed by atoms with Crippen molar-refractivity contribution in [3.05, 3.63) is 71.0 Å². The standard InChI is InChI=1S/C28H31ClN8O12S4.3Na/c1-3-17-14-23(18(4-2)13-22(17)30-16-52(41,42)43)36-37-24-15-20(7-10-25(24)53(44,45)46)32-28-34-26(29)33-27(35-28)31-19-5-8-21(9-6-19)51(39,40)12-11-47-50-49-48-38;;;/h5-10,13-15,30,38H,3-4,11-12,16H2,1-2H3,(H,41,42,43)(H,44,45,46)(H2,31,32,33,34,35);;;/q;3*+1/p-3. The molecule has 3 aromatic carbocycles. The molecule has 286 valence electrons. The summed E-state index contributed by atoms with van der Waals surface area (Å²) in [6, 6.07) is 12.2. The van der Waals surface area contributed by atoms with Crippen molar-refractivity contribution in [2.45, 2.75) is 36.5 Å². The SMILES string of the molecule is CCc1cc(NCS(=O)(=O)[O-])c(CC)cc1N=Nc1cc(Nc2nc(Cl)nc(Nc3ccc(S(=O)(=O)CCOSOO[O-])cc3)n2)ccc1S(=O)(=O)[O-].[Na+].[Na+].[Na+]. The van der Waals surface area contributed by atoms with Gasteiger partial charge in [-0.05, 0) is 90.2 Å². The van der Waals surface area contributed by atoms with Crippen molar-refractivity contribution < 1.29 is 142 Å². The Kier molecular flexibility index (Phi) is 22.9. The summed E-state index contributed by atoms with van der Waals surface area (Å²) in [5, 5.41) is 29.1. The molecule has 1 aromatic heterocycles. The maximum atomic E-state index is 12.5. The molecule has 0 radical (unpaired) electrons. The summed E-state index contributed by atoms with van der Waals surface area (Å²) in [5.74, 6) is -1.41. The number of rotatable bonds is 19. The Morgan fingerprint density at radius 1 is 0.786 bits per heavy atom. The average molecular weight is 901 g/mol. The zero-order chi connectivity index (χ0) is 38.8. The molecule has 0 saturated heterocycles. The van der Waals surface area contributed by atoms with Gasteiger partial charge in [0, 0.05) is 17.1 Å². The number of nitrogens with zero attached hydrogens (tertiary/aromatic N) is 5. The second-order valence-electron chi connectivity index (χ2n) is 10.4. The predicted octanol–water partition coefficient (Wildman–Crippen LogP) is -5.04. The fourth-order valence-electron chi connectivity index (χ4n) is 4.46. The van der Waals surface area contributed by atoms with Crippen molar-refractivity contribution in [2.75, 3.05) is 34.2 Å². The van der Waals surface area contributed by atoms with Crippen LogP contribution in [-0.2, 0) is 56.5 Å². The molecule has 0 aliphatic rings. The Labute approximate surface area is 398 Å². The van der Waals surface area contributed by atoms with Gasteiger partial charge in [0.1, 0.15) is 31.8 Å². The first-order chi connectivity index (χ1) is 25.0. The summed E-state index contributed by atoms with van der Waals surface area (Å²) in [7, 11) is -13.3. The Hall–Kier alpha value is -1.08. The van der Waals surface area contributed by atoms with Gasteiger partial charge in [-0.1, -0.05) is 13.8 Å². The first-order valence-electron chi connectivity index (χ1n) is 14.9. The number of hydrogen-bond acceptors (Lipinski definition) is 21. The summed E-state index contributed by atoms with van der Waals surface area (Å²) < 4.78 is 103. The van der Waals surface area contributed by atoms with Crippen LogP contribution in [0, 0.1) is 0 Å². The third kappa shape index (κ3) is 16.5. The van der Waals surface area contributed by atoms with Crippen LogP contribution in [0.3, 0.4) is 0 Å². The first kappa shape index (κ1) is 52.9. The van der Waals surface area contributed by atoms with Crippen molar-refractivity contribution in [1.29, 1.82) is 0 Å². The molecule has 20 nitrogen and oxygen atoms in total. The average Bonchev–Trinajstić information content (AvgIpc) is 3.08. The smallest absolute Gasteiger partial charge is 0.747 e. The number of sulfone groups is 1. The first-order valence-corrected chi connectivity index (χ1v) is 20.6. The molecule has 56 heavy (non-hydrogen) atoms. The van der Waals surface area contributed by atoms with Gasteiger partial charge in [-0.3, -0.25) is 9.22 Å². The third-order valence-corrected chi connectivity index (χ3v) is 10.5. The van der Waals surface area contributed by atoms with Gasteiger partial charge in [-0.2, -0.15) is 20.1 Å². The van der Waals surface area contributed by atoms with Gasteiger partial charge >= 0.3 is 88.7 Å². The van der Waals surface area contributed by atoms with Crippen LogP contribution in [-0.4, -0.2) is 67.5 Å². The van der Waals surface area contributed by atoms with Crippen LogP contribution in [0.25, 0.3) is 0 Å². The molecule has 4 aromatic rings. The molecule has 4 rings (SSSR count). The van der Waals surface area contributed by atoms with Crippen LogP contribution >= 0.6 is 23.9 Å². The number of nitrogens with one attached hydrogen (secondary N) is 3. The molecule has 0 aliphatic carbocycles. The molecule has 0 spiro atoms. The molecule has 0 aliphatic heterocycles. The minimum Gasteiger partial charge on any atom is -0.747 e. The van der Waals surface area contributed by atoms with E-state index in [0.717, 1.165) is 6.07 Å². The second-order valence-corrected chi connectivity index (χ2v) is 16.1. The predicted molar refractivity (Wildman–Crippen MR) is 188 cm³/mol. The van der Waals surface area contributed by atoms with Gasteiger partial charge in [0.25, 0.3) is 0 Å². The van der Waals surface area contributed by atoms with Crippen molar-refractivity contribution in [1.82, 2.24) is 15.0 Å². The van der Waals surface area contributed by atoms with E-state index in [1.807, 2.05) is 0 Å². The van der Waals surface area contributed by atoms with E-state index < -0.39 is 46.6 Å². The van der Waals surface area contributed by atoms with Gasteiger partial charge in [0.2, 0.25) is 17.2 Å². The second kappa shape index (κ2) is 24.2. The van der Waals surface area contributed by atoms with Crippen LogP contribution < -0.4 is 110 Å². The molecule has 0 atom stereocenters. The Morgan fingerprint density at radius 2 is 1.38 bits per heavy atom. The third-order valence-electron chi connectivity index (χ3n) is 6.87. The molecule has 0 saturated carbocycles. The molecular weight excluding hydrogens is 873 g/mol. The quantitative estimate of drug-likeness (QED) is 0.0151. The minimum atomic E-state index is -5.02. The molecule has 28 heteroatoms. The largest absolute Gasteiger partial charge is 1.00 e. The van der Waals surface area contributed by atoms with E-state index in [1.54, 1.807) is 26.0 Å². The van der Waals surface area contributed by atoms with Crippen LogP contribution in [0.1, 0.15) is 25.0 Å². The summed E-state index contributed by atoms with van der Waals surface area (Å²) in [4.78, 5) is 11.5. The normalized spacial score (nSPS) is 11.6. The van der Waals surface area contributed by atoms with Crippen LogP contribution in [0.5, 0.6) is 0 Å². The molecule has 0 fully saturated rings. The van der Waals surface area contributed by atoms with Gasteiger partial charge in [-0.25, -0.2) is 25.3 Å². The van der Waals surface area contributed by atoms with Crippen molar-refractivity contribution in [2.24, 2.45) is 10.2 Å². The fraction of sp³-hybridized carbons (Fsp3) is 0.250. The Morgan fingerprint density at radius 3 is 1.95 bits per heavy atom. The van der Waals surface area contributed by atoms with Crippen LogP contribution in [0.4, 0.5) is 40.3 Å². The van der Waals surface area contributed by atoms with E-state index in [9.17, 15) is 39.6 Å².